The molecule has 2 aromatic carbocycles. The van der Waals surface area contributed by atoms with Crippen LogP contribution in [0, 0.1) is 6.92 Å². The van der Waals surface area contributed by atoms with Gasteiger partial charge in [-0.1, -0.05) is 43.4 Å². The van der Waals surface area contributed by atoms with Gasteiger partial charge in [-0.15, -0.1) is 12.4 Å². The summed E-state index contributed by atoms with van der Waals surface area (Å²) in [6, 6.07) is 11.4. The summed E-state index contributed by atoms with van der Waals surface area (Å²) < 4.78 is 11.9. The third kappa shape index (κ3) is 5.29. The second-order valence-electron chi connectivity index (χ2n) is 6.94. The minimum atomic E-state index is -0.0442. The third-order valence-electron chi connectivity index (χ3n) is 5.28. The predicted molar refractivity (Wildman–Crippen MR) is 131 cm³/mol. The Balaban J connectivity index is 0.00000341. The van der Waals surface area contributed by atoms with Crippen LogP contribution in [0.1, 0.15) is 29.8 Å². The molecule has 1 heterocycles. The number of methoxy groups -OCH3 is 2. The van der Waals surface area contributed by atoms with E-state index in [2.05, 4.69) is 18.7 Å². The number of carbonyl (C=O) groups is 1. The van der Waals surface area contributed by atoms with Crippen LogP contribution in [0.4, 0.5) is 5.13 Å². The zero-order chi connectivity index (χ0) is 21.7. The lowest BCUT2D eigenvalue weighted by molar-refractivity contribution is 0.0983. The van der Waals surface area contributed by atoms with E-state index in [1.54, 1.807) is 19.1 Å². The van der Waals surface area contributed by atoms with Gasteiger partial charge in [0.2, 0.25) is 0 Å². The number of hydrogen-bond donors (Lipinski definition) is 0. The van der Waals surface area contributed by atoms with Crippen molar-refractivity contribution in [2.24, 2.45) is 0 Å². The van der Waals surface area contributed by atoms with Crippen molar-refractivity contribution in [1.29, 1.82) is 0 Å². The molecule has 3 rings (SSSR count). The Morgan fingerprint density at radius 2 is 1.65 bits per heavy atom. The van der Waals surface area contributed by atoms with Gasteiger partial charge >= 0.3 is 0 Å². The molecule has 8 heteroatoms. The summed E-state index contributed by atoms with van der Waals surface area (Å²) >= 11 is 1.45. The fourth-order valence-corrected chi connectivity index (χ4v) is 4.51. The minimum Gasteiger partial charge on any atom is -0.495 e. The fourth-order valence-electron chi connectivity index (χ4n) is 3.41. The van der Waals surface area contributed by atoms with E-state index in [9.17, 15) is 4.79 Å². The molecule has 0 atom stereocenters. The van der Waals surface area contributed by atoms with Gasteiger partial charge in [0, 0.05) is 18.7 Å². The van der Waals surface area contributed by atoms with Crippen LogP contribution < -0.4 is 14.4 Å². The van der Waals surface area contributed by atoms with Crippen LogP contribution in [0.5, 0.6) is 11.5 Å². The molecule has 31 heavy (non-hydrogen) atoms. The van der Waals surface area contributed by atoms with Crippen LogP contribution in [-0.2, 0) is 0 Å². The number of aryl methyl sites for hydroxylation is 1. The van der Waals surface area contributed by atoms with E-state index in [4.69, 9.17) is 14.5 Å². The molecule has 1 amide bonds. The number of carbonyl (C=O) groups excluding carboxylic acids is 1. The summed E-state index contributed by atoms with van der Waals surface area (Å²) in [5.41, 5.74) is 2.35. The normalized spacial score (nSPS) is 10.8. The number of anilines is 1. The number of benzene rings is 2. The predicted octanol–water partition coefficient (Wildman–Crippen LogP) is 5.03. The highest BCUT2D eigenvalue weighted by molar-refractivity contribution is 7.22. The molecule has 0 N–H and O–H groups in total. The van der Waals surface area contributed by atoms with Gasteiger partial charge < -0.3 is 14.4 Å². The number of thiazole rings is 1. The number of likely N-dealkylation sites (N-methyl/N-ethyl adjacent to an activating group) is 1. The number of amides is 1. The maximum absolute atomic E-state index is 13.6. The van der Waals surface area contributed by atoms with Crippen LogP contribution in [0.25, 0.3) is 10.2 Å². The van der Waals surface area contributed by atoms with Gasteiger partial charge in [0.05, 0.1) is 14.2 Å². The first-order valence-corrected chi connectivity index (χ1v) is 11.0. The zero-order valence-electron chi connectivity index (χ0n) is 18.7. The number of fused-ring (bicyclic) bond motifs is 1. The molecule has 6 nitrogen and oxygen atoms in total. The van der Waals surface area contributed by atoms with Crippen LogP contribution in [0.3, 0.4) is 0 Å². The molecule has 0 aliphatic heterocycles. The molecule has 3 aromatic rings. The highest BCUT2D eigenvalue weighted by atomic mass is 35.5. The first-order chi connectivity index (χ1) is 14.5. The van der Waals surface area contributed by atoms with Crippen molar-refractivity contribution in [3.05, 3.63) is 47.5 Å². The number of ether oxygens (including phenoxy) is 2. The maximum atomic E-state index is 13.6. The van der Waals surface area contributed by atoms with E-state index in [0.717, 1.165) is 35.6 Å². The molecular formula is C23H30ClN3O3S. The quantitative estimate of drug-likeness (QED) is 0.445. The SMILES string of the molecule is CCN(CC)CCN(C(=O)c1ccccc1C)c1nc2c(OC)ccc(OC)c2s1.Cl. The number of hydrogen-bond acceptors (Lipinski definition) is 6. The van der Waals surface area contributed by atoms with Gasteiger partial charge in [0.1, 0.15) is 21.7 Å². The van der Waals surface area contributed by atoms with E-state index in [1.807, 2.05) is 43.3 Å². The molecule has 0 saturated heterocycles. The lowest BCUT2D eigenvalue weighted by atomic mass is 10.1. The summed E-state index contributed by atoms with van der Waals surface area (Å²) in [7, 11) is 3.26. The van der Waals surface area contributed by atoms with Crippen molar-refractivity contribution in [1.82, 2.24) is 9.88 Å². The first kappa shape index (κ1) is 24.9. The molecule has 0 fully saturated rings. The number of rotatable bonds is 9. The molecule has 0 unspecified atom stereocenters. The highest BCUT2D eigenvalue weighted by Gasteiger charge is 2.24. The Morgan fingerprint density at radius 1 is 1.00 bits per heavy atom. The van der Waals surface area contributed by atoms with Crippen molar-refractivity contribution in [2.75, 3.05) is 45.3 Å². The summed E-state index contributed by atoms with van der Waals surface area (Å²) in [5.74, 6) is 1.35. The van der Waals surface area contributed by atoms with Crippen molar-refractivity contribution in [3.63, 3.8) is 0 Å². The molecule has 0 saturated carbocycles. The lowest BCUT2D eigenvalue weighted by Gasteiger charge is -2.25. The van der Waals surface area contributed by atoms with Gasteiger partial charge in [-0.3, -0.25) is 9.69 Å². The minimum absolute atomic E-state index is 0. The largest absolute Gasteiger partial charge is 0.495 e. The van der Waals surface area contributed by atoms with Gasteiger partial charge in [0.25, 0.3) is 5.91 Å². The molecule has 0 spiro atoms. The van der Waals surface area contributed by atoms with Crippen LogP contribution in [0.15, 0.2) is 36.4 Å². The van der Waals surface area contributed by atoms with Crippen molar-refractivity contribution in [3.8, 4) is 11.5 Å². The second-order valence-corrected chi connectivity index (χ2v) is 7.92. The molecule has 0 aliphatic carbocycles. The molecule has 0 aliphatic rings. The van der Waals surface area contributed by atoms with E-state index in [0.29, 0.717) is 28.5 Å². The van der Waals surface area contributed by atoms with Gasteiger partial charge in [0.15, 0.2) is 5.13 Å². The fraction of sp³-hybridized carbons (Fsp3) is 0.391. The van der Waals surface area contributed by atoms with Crippen LogP contribution >= 0.6 is 23.7 Å². The molecule has 0 bridgehead atoms. The Morgan fingerprint density at radius 3 is 2.26 bits per heavy atom. The monoisotopic (exact) mass is 463 g/mol. The van der Waals surface area contributed by atoms with Crippen LogP contribution in [-0.4, -0.2) is 56.2 Å². The average Bonchev–Trinajstić information content (AvgIpc) is 3.21. The first-order valence-electron chi connectivity index (χ1n) is 10.1. The van der Waals surface area contributed by atoms with E-state index in [1.165, 1.54) is 11.3 Å². The Bertz CT molecular complexity index is 979. The van der Waals surface area contributed by atoms with Gasteiger partial charge in [-0.05, 0) is 43.8 Å². The molecule has 168 valence electrons. The van der Waals surface area contributed by atoms with E-state index < -0.39 is 0 Å². The number of nitrogens with zero attached hydrogens (tertiary/aromatic N) is 3. The Hall–Kier alpha value is -2.35. The molecule has 1 aromatic heterocycles. The molecular weight excluding hydrogens is 434 g/mol. The van der Waals surface area contributed by atoms with Gasteiger partial charge in [-0.25, -0.2) is 4.98 Å². The third-order valence-corrected chi connectivity index (χ3v) is 6.38. The average molecular weight is 464 g/mol. The van der Waals surface area contributed by atoms with Crippen molar-refractivity contribution < 1.29 is 14.3 Å². The zero-order valence-corrected chi connectivity index (χ0v) is 20.3. The smallest absolute Gasteiger partial charge is 0.260 e. The van der Waals surface area contributed by atoms with Crippen molar-refractivity contribution >= 4 is 45.0 Å². The van der Waals surface area contributed by atoms with E-state index >= 15 is 0 Å². The Kier molecular flexibility index (Phi) is 9.10. The van der Waals surface area contributed by atoms with Crippen LogP contribution in [0.2, 0.25) is 0 Å². The summed E-state index contributed by atoms with van der Waals surface area (Å²) in [5, 5.41) is 0.646. The number of halogens is 1. The second kappa shape index (κ2) is 11.3. The molecule has 0 radical (unpaired) electrons. The highest BCUT2D eigenvalue weighted by Crippen LogP contribution is 2.40. The van der Waals surface area contributed by atoms with Crippen molar-refractivity contribution in [2.45, 2.75) is 20.8 Å². The Labute approximate surface area is 194 Å². The topological polar surface area (TPSA) is 54.9 Å². The van der Waals surface area contributed by atoms with E-state index in [-0.39, 0.29) is 18.3 Å². The van der Waals surface area contributed by atoms with Gasteiger partial charge in [-0.2, -0.15) is 0 Å². The summed E-state index contributed by atoms with van der Waals surface area (Å²) in [4.78, 5) is 22.4. The standard InChI is InChI=1S/C23H29N3O3S.ClH/c1-6-25(7-2)14-15-26(22(27)17-11-9-8-10-16(17)3)23-24-20-18(28-4)12-13-19(29-5)21(20)30-23;/h8-13H,6-7,14-15H2,1-5H3;1H. The maximum Gasteiger partial charge on any atom is 0.260 e. The lowest BCUT2D eigenvalue weighted by Crippen LogP contribution is -2.39. The summed E-state index contributed by atoms with van der Waals surface area (Å²) in [6.45, 7) is 9.41. The number of aromatic nitrogens is 1. The summed E-state index contributed by atoms with van der Waals surface area (Å²) in [6.07, 6.45) is 0.